The first-order chi connectivity index (χ1) is 14.5. The fraction of sp³-hybridized carbons (Fsp3) is 0. The van der Waals surface area contributed by atoms with Gasteiger partial charge in [0.05, 0.1) is 10.9 Å². The van der Waals surface area contributed by atoms with Gasteiger partial charge in [-0.25, -0.2) is 13.8 Å². The Morgan fingerprint density at radius 2 is 1.63 bits per heavy atom. The zero-order chi connectivity index (χ0) is 20.8. The Kier molecular flexibility index (Phi) is 3.99. The summed E-state index contributed by atoms with van der Waals surface area (Å²) < 4.78 is 29.0. The van der Waals surface area contributed by atoms with Crippen LogP contribution in [0.3, 0.4) is 0 Å². The van der Waals surface area contributed by atoms with E-state index in [9.17, 15) is 18.7 Å². The van der Waals surface area contributed by atoms with Gasteiger partial charge in [-0.1, -0.05) is 18.2 Å². The van der Waals surface area contributed by atoms with Crippen molar-refractivity contribution in [1.29, 1.82) is 0 Å². The lowest BCUT2D eigenvalue weighted by Crippen LogP contribution is -2.22. The van der Waals surface area contributed by atoms with Crippen LogP contribution >= 0.6 is 0 Å². The molecule has 1 aliphatic heterocycles. The third kappa shape index (κ3) is 2.77. The molecule has 1 amide bonds. The van der Waals surface area contributed by atoms with Crippen molar-refractivity contribution in [1.82, 2.24) is 4.57 Å². The molecular formula is C22H12F2N4O2. The highest BCUT2D eigenvalue weighted by Gasteiger charge is 2.21. The van der Waals surface area contributed by atoms with Crippen LogP contribution in [0.2, 0.25) is 0 Å². The first kappa shape index (κ1) is 17.9. The molecule has 0 spiro atoms. The molecule has 0 saturated carbocycles. The Morgan fingerprint density at radius 1 is 0.900 bits per heavy atom. The van der Waals surface area contributed by atoms with Crippen LogP contribution in [-0.4, -0.2) is 15.6 Å². The van der Waals surface area contributed by atoms with E-state index in [1.54, 1.807) is 24.3 Å². The number of aromatic nitrogens is 1. The van der Waals surface area contributed by atoms with Gasteiger partial charge in [-0.05, 0) is 48.5 Å². The summed E-state index contributed by atoms with van der Waals surface area (Å²) in [6.07, 6.45) is 0. The summed E-state index contributed by atoms with van der Waals surface area (Å²) in [5, 5.41) is 19.6. The van der Waals surface area contributed by atoms with Gasteiger partial charge in [0.25, 0.3) is 5.91 Å². The number of para-hydroxylation sites is 1. The molecule has 5 rings (SSSR count). The van der Waals surface area contributed by atoms with Crippen molar-refractivity contribution in [2.45, 2.75) is 0 Å². The number of benzene rings is 3. The SMILES string of the molecule is O=C1N=c2ccc(F)cc2=C1N=Nc1c(O)n(-c2ccccc2)c2ccc(F)cc12. The number of carbonyl (C=O) groups excluding carboxylic acids is 1. The topological polar surface area (TPSA) is 79.3 Å². The van der Waals surface area contributed by atoms with Crippen LogP contribution in [0.25, 0.3) is 22.3 Å². The van der Waals surface area contributed by atoms with Gasteiger partial charge in [-0.15, -0.1) is 10.2 Å². The average Bonchev–Trinajstić information content (AvgIpc) is 3.19. The zero-order valence-corrected chi connectivity index (χ0v) is 15.3. The fourth-order valence-electron chi connectivity index (χ4n) is 3.44. The van der Waals surface area contributed by atoms with E-state index >= 15 is 0 Å². The maximum absolute atomic E-state index is 13.9. The smallest absolute Gasteiger partial charge is 0.298 e. The summed E-state index contributed by atoms with van der Waals surface area (Å²) in [6.45, 7) is 0. The quantitative estimate of drug-likeness (QED) is 0.531. The Hall–Kier alpha value is -4.20. The number of carbonyl (C=O) groups is 1. The van der Waals surface area contributed by atoms with E-state index in [4.69, 9.17) is 0 Å². The number of halogens is 2. The van der Waals surface area contributed by atoms with E-state index < -0.39 is 17.5 Å². The van der Waals surface area contributed by atoms with Crippen molar-refractivity contribution in [2.75, 3.05) is 0 Å². The van der Waals surface area contributed by atoms with Crippen LogP contribution in [-0.2, 0) is 4.79 Å². The van der Waals surface area contributed by atoms with Crippen LogP contribution in [0.15, 0.2) is 82.0 Å². The third-order valence-corrected chi connectivity index (χ3v) is 4.78. The molecule has 0 radical (unpaired) electrons. The van der Waals surface area contributed by atoms with Crippen LogP contribution in [0.1, 0.15) is 0 Å². The Morgan fingerprint density at radius 3 is 2.43 bits per heavy atom. The highest BCUT2D eigenvalue weighted by Crippen LogP contribution is 2.41. The third-order valence-electron chi connectivity index (χ3n) is 4.78. The van der Waals surface area contributed by atoms with E-state index in [-0.39, 0.29) is 27.8 Å². The van der Waals surface area contributed by atoms with Crippen LogP contribution in [0, 0.1) is 11.6 Å². The molecule has 4 aromatic rings. The van der Waals surface area contributed by atoms with Crippen molar-refractivity contribution in [3.8, 4) is 11.6 Å². The lowest BCUT2D eigenvalue weighted by Gasteiger charge is -2.06. The summed E-state index contributed by atoms with van der Waals surface area (Å²) in [6, 6.07) is 16.7. The van der Waals surface area contributed by atoms with Gasteiger partial charge in [0, 0.05) is 16.3 Å². The molecule has 146 valence electrons. The van der Waals surface area contributed by atoms with Gasteiger partial charge >= 0.3 is 0 Å². The van der Waals surface area contributed by atoms with Crippen molar-refractivity contribution in [3.63, 3.8) is 0 Å². The van der Waals surface area contributed by atoms with Gasteiger partial charge in [0.2, 0.25) is 5.88 Å². The average molecular weight is 402 g/mol. The highest BCUT2D eigenvalue weighted by molar-refractivity contribution is 6.14. The summed E-state index contributed by atoms with van der Waals surface area (Å²) in [5.74, 6) is -2.00. The van der Waals surface area contributed by atoms with Gasteiger partial charge in [0.1, 0.15) is 11.6 Å². The molecule has 6 nitrogen and oxygen atoms in total. The monoisotopic (exact) mass is 402 g/mol. The van der Waals surface area contributed by atoms with E-state index in [1.807, 2.05) is 6.07 Å². The number of amides is 1. The molecule has 0 fully saturated rings. The van der Waals surface area contributed by atoms with Gasteiger partial charge in [-0.2, -0.15) is 0 Å². The highest BCUT2D eigenvalue weighted by atomic mass is 19.1. The van der Waals surface area contributed by atoms with E-state index in [1.165, 1.54) is 34.9 Å². The molecule has 1 aromatic heterocycles. The molecule has 8 heteroatoms. The Labute approximate surface area is 167 Å². The molecule has 0 atom stereocenters. The van der Waals surface area contributed by atoms with E-state index in [0.29, 0.717) is 16.6 Å². The van der Waals surface area contributed by atoms with E-state index in [0.717, 1.165) is 6.07 Å². The first-order valence-corrected chi connectivity index (χ1v) is 8.96. The lowest BCUT2D eigenvalue weighted by molar-refractivity contribution is -0.112. The second kappa shape index (κ2) is 6.70. The minimum absolute atomic E-state index is 0.0153. The van der Waals surface area contributed by atoms with Crippen LogP contribution in [0.5, 0.6) is 5.88 Å². The molecule has 0 aliphatic carbocycles. The lowest BCUT2D eigenvalue weighted by atomic mass is 10.2. The van der Waals surface area contributed by atoms with Crippen molar-refractivity contribution < 1.29 is 18.7 Å². The predicted molar refractivity (Wildman–Crippen MR) is 105 cm³/mol. The first-order valence-electron chi connectivity index (χ1n) is 8.96. The van der Waals surface area contributed by atoms with Crippen LogP contribution < -0.4 is 10.6 Å². The molecular weight excluding hydrogens is 390 g/mol. The van der Waals surface area contributed by atoms with Gasteiger partial charge in [-0.3, -0.25) is 9.36 Å². The van der Waals surface area contributed by atoms with Crippen molar-refractivity contribution in [3.05, 3.63) is 88.9 Å². The number of aromatic hydroxyl groups is 1. The zero-order valence-electron chi connectivity index (χ0n) is 15.3. The maximum Gasteiger partial charge on any atom is 0.298 e. The minimum atomic E-state index is -0.670. The van der Waals surface area contributed by atoms with Crippen LogP contribution in [0.4, 0.5) is 14.5 Å². The Bertz CT molecular complexity index is 1490. The largest absolute Gasteiger partial charge is 0.493 e. The number of hydrogen-bond acceptors (Lipinski definition) is 4. The molecule has 0 saturated heterocycles. The van der Waals surface area contributed by atoms with Crippen molar-refractivity contribution in [2.24, 2.45) is 15.2 Å². The molecule has 0 bridgehead atoms. The molecule has 1 aliphatic rings. The number of fused-ring (bicyclic) bond motifs is 2. The van der Waals surface area contributed by atoms with Gasteiger partial charge in [0.15, 0.2) is 11.4 Å². The van der Waals surface area contributed by atoms with Gasteiger partial charge < -0.3 is 5.11 Å². The molecule has 30 heavy (non-hydrogen) atoms. The molecule has 2 heterocycles. The number of hydrogen-bond donors (Lipinski definition) is 1. The summed E-state index contributed by atoms with van der Waals surface area (Å²) in [4.78, 5) is 16.0. The number of rotatable bonds is 3. The fourth-order valence-corrected chi connectivity index (χ4v) is 3.44. The second-order valence-corrected chi connectivity index (χ2v) is 6.63. The maximum atomic E-state index is 13.9. The molecule has 0 unspecified atom stereocenters. The normalized spacial score (nSPS) is 13.3. The summed E-state index contributed by atoms with van der Waals surface area (Å²) >= 11 is 0. The van der Waals surface area contributed by atoms with E-state index in [2.05, 4.69) is 15.2 Å². The number of azo groups is 1. The molecule has 3 aromatic carbocycles. The number of nitrogens with zero attached hydrogens (tertiary/aromatic N) is 4. The predicted octanol–water partition coefficient (Wildman–Crippen LogP) is 3.67. The summed E-state index contributed by atoms with van der Waals surface area (Å²) in [5.41, 5.74) is 0.979. The van der Waals surface area contributed by atoms with Crippen molar-refractivity contribution >= 4 is 28.2 Å². The molecule has 1 N–H and O–H groups in total. The second-order valence-electron chi connectivity index (χ2n) is 6.63. The standard InChI is InChI=1S/C22H12F2N4O2/c23-12-6-8-17-15(10-12)19(21(29)25-17)26-27-20-16-11-13(24)7-9-18(16)28(22(20)30)14-4-2-1-3-5-14/h1-11,30H. The summed E-state index contributed by atoms with van der Waals surface area (Å²) in [7, 11) is 0. The minimum Gasteiger partial charge on any atom is -0.493 e. The Balaban J connectivity index is 1.74.